The van der Waals surface area contributed by atoms with E-state index in [0.717, 1.165) is 24.3 Å². The Balaban J connectivity index is 0.00000133. The second-order valence-electron chi connectivity index (χ2n) is 5.12. The van der Waals surface area contributed by atoms with Gasteiger partial charge in [-0.15, -0.1) is 12.4 Å². The van der Waals surface area contributed by atoms with E-state index >= 15 is 0 Å². The smallest absolute Gasteiger partial charge is 0.248 e. The monoisotopic (exact) mass is 282 g/mol. The summed E-state index contributed by atoms with van der Waals surface area (Å²) in [6.07, 6.45) is 2.74. The maximum atomic E-state index is 10.9. The Kier molecular flexibility index (Phi) is 4.32. The highest BCUT2D eigenvalue weighted by molar-refractivity contribution is 5.92. The van der Waals surface area contributed by atoms with Crippen molar-refractivity contribution < 1.29 is 9.53 Å². The highest BCUT2D eigenvalue weighted by Crippen LogP contribution is 2.43. The average molecular weight is 283 g/mol. The van der Waals surface area contributed by atoms with Crippen molar-refractivity contribution in [1.29, 1.82) is 0 Å². The topological polar surface area (TPSA) is 55.6 Å². The summed E-state index contributed by atoms with van der Waals surface area (Å²) in [6.45, 7) is 2.93. The number of fused-ring (bicyclic) bond motifs is 1. The van der Waals surface area contributed by atoms with Gasteiger partial charge < -0.3 is 10.5 Å². The lowest BCUT2D eigenvalue weighted by molar-refractivity contribution is 0.100. The van der Waals surface area contributed by atoms with Gasteiger partial charge in [0.25, 0.3) is 0 Å². The fourth-order valence-corrected chi connectivity index (χ4v) is 2.76. The molecule has 5 heteroatoms. The molecule has 0 radical (unpaired) electrons. The number of carbonyl (C=O) groups excluding carboxylic acids is 1. The zero-order valence-corrected chi connectivity index (χ0v) is 11.6. The van der Waals surface area contributed by atoms with Crippen LogP contribution >= 0.6 is 12.4 Å². The van der Waals surface area contributed by atoms with Crippen LogP contribution < -0.4 is 10.5 Å². The summed E-state index contributed by atoms with van der Waals surface area (Å²) >= 11 is 0. The van der Waals surface area contributed by atoms with Crippen molar-refractivity contribution in [3.63, 3.8) is 0 Å². The summed E-state index contributed by atoms with van der Waals surface area (Å²) in [4.78, 5) is 13.4. The first-order valence-electron chi connectivity index (χ1n) is 6.51. The van der Waals surface area contributed by atoms with Gasteiger partial charge >= 0.3 is 0 Å². The molecule has 104 valence electrons. The number of primary amides is 1. The zero-order chi connectivity index (χ0) is 12.5. The molecule has 2 fully saturated rings. The second-order valence-corrected chi connectivity index (χ2v) is 5.12. The van der Waals surface area contributed by atoms with Crippen LogP contribution in [0.1, 0.15) is 23.2 Å². The van der Waals surface area contributed by atoms with Gasteiger partial charge in [0.05, 0.1) is 0 Å². The number of benzene rings is 1. The van der Waals surface area contributed by atoms with Gasteiger partial charge in [-0.1, -0.05) is 0 Å². The predicted molar refractivity (Wildman–Crippen MR) is 75.8 cm³/mol. The van der Waals surface area contributed by atoms with Crippen LogP contribution in [0.25, 0.3) is 0 Å². The minimum atomic E-state index is -0.404. The van der Waals surface area contributed by atoms with E-state index in [1.54, 1.807) is 24.3 Å². The molecule has 4 nitrogen and oxygen atoms in total. The van der Waals surface area contributed by atoms with Crippen molar-refractivity contribution in [1.82, 2.24) is 4.90 Å². The highest BCUT2D eigenvalue weighted by Gasteiger charge is 2.46. The van der Waals surface area contributed by atoms with Crippen LogP contribution in [-0.2, 0) is 0 Å². The summed E-state index contributed by atoms with van der Waals surface area (Å²) in [5, 5.41) is 0. The third kappa shape index (κ3) is 3.19. The molecule has 2 atom stereocenters. The summed E-state index contributed by atoms with van der Waals surface area (Å²) in [6, 6.07) is 7.83. The first-order chi connectivity index (χ1) is 8.74. The Morgan fingerprint density at radius 1 is 1.37 bits per heavy atom. The highest BCUT2D eigenvalue weighted by atomic mass is 35.5. The van der Waals surface area contributed by atoms with Crippen molar-refractivity contribution >= 4 is 18.3 Å². The van der Waals surface area contributed by atoms with Crippen LogP contribution in [0.15, 0.2) is 24.3 Å². The van der Waals surface area contributed by atoms with Gasteiger partial charge in [-0.05, 0) is 49.6 Å². The quantitative estimate of drug-likeness (QED) is 0.894. The third-order valence-corrected chi connectivity index (χ3v) is 3.93. The Labute approximate surface area is 119 Å². The molecule has 2 N–H and O–H groups in total. The molecule has 1 amide bonds. The maximum Gasteiger partial charge on any atom is 0.248 e. The Morgan fingerprint density at radius 2 is 2.11 bits per heavy atom. The van der Waals surface area contributed by atoms with Gasteiger partial charge in [0, 0.05) is 18.2 Å². The van der Waals surface area contributed by atoms with Crippen LogP contribution in [0.5, 0.6) is 5.75 Å². The summed E-state index contributed by atoms with van der Waals surface area (Å²) in [5.74, 6) is 1.37. The van der Waals surface area contributed by atoms with Crippen LogP contribution in [0.4, 0.5) is 0 Å². The lowest BCUT2D eigenvalue weighted by Gasteiger charge is -2.17. The SMILES string of the molecule is Cl.NC(=O)c1ccc(OCCN2CC[C@@H]3C[C@@H]32)cc1. The standard InChI is InChI=1S/C14H18N2O2.ClH/c15-14(17)10-1-3-12(4-2-10)18-8-7-16-6-5-11-9-13(11)16;/h1-4,11,13H,5-9H2,(H2,15,17);1H/t11-,13+;/m1./s1. The molecular formula is C14H19ClN2O2. The molecule has 1 saturated heterocycles. The van der Waals surface area contributed by atoms with E-state index in [9.17, 15) is 4.79 Å². The van der Waals surface area contributed by atoms with Crippen molar-refractivity contribution in [3.05, 3.63) is 29.8 Å². The van der Waals surface area contributed by atoms with E-state index in [4.69, 9.17) is 10.5 Å². The fraction of sp³-hybridized carbons (Fsp3) is 0.500. The van der Waals surface area contributed by atoms with Crippen molar-refractivity contribution in [2.75, 3.05) is 19.7 Å². The molecule has 2 aliphatic rings. The Bertz CT molecular complexity index is 449. The van der Waals surface area contributed by atoms with E-state index in [2.05, 4.69) is 4.90 Å². The van der Waals surface area contributed by atoms with Crippen molar-refractivity contribution in [3.8, 4) is 5.75 Å². The number of halogens is 1. The first-order valence-corrected chi connectivity index (χ1v) is 6.51. The number of nitrogens with two attached hydrogens (primary N) is 1. The van der Waals surface area contributed by atoms with E-state index < -0.39 is 5.91 Å². The van der Waals surface area contributed by atoms with Gasteiger partial charge in [-0.2, -0.15) is 0 Å². The minimum Gasteiger partial charge on any atom is -0.492 e. The van der Waals surface area contributed by atoms with E-state index in [1.807, 2.05) is 0 Å². The Morgan fingerprint density at radius 3 is 2.63 bits per heavy atom. The Hall–Kier alpha value is -1.26. The minimum absolute atomic E-state index is 0. The first kappa shape index (κ1) is 14.2. The van der Waals surface area contributed by atoms with Crippen LogP contribution in [-0.4, -0.2) is 36.5 Å². The molecule has 1 saturated carbocycles. The fourth-order valence-electron chi connectivity index (χ4n) is 2.76. The molecule has 1 aromatic rings. The predicted octanol–water partition coefficient (Wildman–Crippen LogP) is 1.68. The number of hydrogen-bond donors (Lipinski definition) is 1. The summed E-state index contributed by atoms with van der Waals surface area (Å²) < 4.78 is 5.68. The number of nitrogens with zero attached hydrogens (tertiary/aromatic N) is 1. The van der Waals surface area contributed by atoms with E-state index in [-0.39, 0.29) is 12.4 Å². The van der Waals surface area contributed by atoms with E-state index in [1.165, 1.54) is 19.4 Å². The molecule has 1 aliphatic carbocycles. The molecule has 3 rings (SSSR count). The van der Waals surface area contributed by atoms with Crippen LogP contribution in [0.3, 0.4) is 0 Å². The second kappa shape index (κ2) is 5.80. The normalized spacial score (nSPS) is 24.4. The zero-order valence-electron chi connectivity index (χ0n) is 10.7. The van der Waals surface area contributed by atoms with Crippen LogP contribution in [0, 0.1) is 5.92 Å². The summed E-state index contributed by atoms with van der Waals surface area (Å²) in [7, 11) is 0. The molecule has 19 heavy (non-hydrogen) atoms. The number of amides is 1. The molecule has 1 aromatic carbocycles. The van der Waals surface area contributed by atoms with Gasteiger partial charge in [0.1, 0.15) is 12.4 Å². The lowest BCUT2D eigenvalue weighted by atomic mass is 10.2. The van der Waals surface area contributed by atoms with Crippen molar-refractivity contribution in [2.45, 2.75) is 18.9 Å². The molecule has 0 bridgehead atoms. The third-order valence-electron chi connectivity index (χ3n) is 3.93. The largest absolute Gasteiger partial charge is 0.492 e. The van der Waals surface area contributed by atoms with Gasteiger partial charge in [-0.3, -0.25) is 9.69 Å². The maximum absolute atomic E-state index is 10.9. The van der Waals surface area contributed by atoms with E-state index in [0.29, 0.717) is 12.2 Å². The molecular weight excluding hydrogens is 264 g/mol. The molecule has 1 aliphatic heterocycles. The van der Waals surface area contributed by atoms with Crippen LogP contribution in [0.2, 0.25) is 0 Å². The number of likely N-dealkylation sites (tertiary alicyclic amines) is 1. The van der Waals surface area contributed by atoms with Gasteiger partial charge in [0.2, 0.25) is 5.91 Å². The van der Waals surface area contributed by atoms with Gasteiger partial charge in [-0.25, -0.2) is 0 Å². The van der Waals surface area contributed by atoms with Gasteiger partial charge in [0.15, 0.2) is 0 Å². The number of rotatable bonds is 5. The summed E-state index contributed by atoms with van der Waals surface area (Å²) in [5.41, 5.74) is 5.70. The lowest BCUT2D eigenvalue weighted by Crippen LogP contribution is -2.28. The molecule has 0 aromatic heterocycles. The number of piperidine rings is 1. The average Bonchev–Trinajstić information content (AvgIpc) is 3.05. The number of carbonyl (C=O) groups is 1. The molecule has 0 unspecified atom stereocenters. The molecule has 1 heterocycles. The molecule has 0 spiro atoms. The van der Waals surface area contributed by atoms with Crippen molar-refractivity contribution in [2.24, 2.45) is 11.7 Å². The number of ether oxygens (including phenoxy) is 1. The number of hydrogen-bond acceptors (Lipinski definition) is 3.